The summed E-state index contributed by atoms with van der Waals surface area (Å²) in [4.78, 5) is 15.0. The van der Waals surface area contributed by atoms with Crippen molar-refractivity contribution in [2.45, 2.75) is 64.8 Å². The predicted molar refractivity (Wildman–Crippen MR) is 62.9 cm³/mol. The molecule has 0 aromatic heterocycles. The molecule has 0 atom stereocenters. The van der Waals surface area contributed by atoms with E-state index in [1.54, 1.807) is 0 Å². The van der Waals surface area contributed by atoms with E-state index in [-0.39, 0.29) is 5.54 Å². The summed E-state index contributed by atoms with van der Waals surface area (Å²) < 4.78 is 0. The Hall–Kier alpha value is -0.620. The average molecular weight is 219 g/mol. The van der Waals surface area contributed by atoms with Crippen molar-refractivity contribution in [3.63, 3.8) is 0 Å². The monoisotopic (exact) mass is 219 g/mol. The predicted octanol–water partition coefficient (Wildman–Crippen LogP) is 3.46. The summed E-state index contributed by atoms with van der Waals surface area (Å²) in [5.74, 6) is 0. The minimum atomic E-state index is -0.0608. The lowest BCUT2D eigenvalue weighted by Crippen LogP contribution is -2.61. The van der Waals surface area contributed by atoms with Gasteiger partial charge in [-0.2, -0.15) is 4.99 Å². The van der Waals surface area contributed by atoms with E-state index in [2.05, 4.69) is 25.8 Å². The van der Waals surface area contributed by atoms with Gasteiger partial charge in [-0.15, -0.1) is 0 Å². The molecule has 4 aliphatic rings. The van der Waals surface area contributed by atoms with Crippen LogP contribution in [-0.4, -0.2) is 11.6 Å². The standard InChI is InChI=1S/C14H21NO/c1-11-4-12(2)6-13(3,5-11)9-14(7-11,8-12)15-10-16/h4-9H2,1-3H3. The summed E-state index contributed by atoms with van der Waals surface area (Å²) in [5.41, 5.74) is 1.19. The molecule has 0 aromatic carbocycles. The van der Waals surface area contributed by atoms with Crippen molar-refractivity contribution in [2.24, 2.45) is 21.2 Å². The minimum Gasteiger partial charge on any atom is -0.211 e. The molecule has 88 valence electrons. The minimum absolute atomic E-state index is 0.0608. The first-order chi connectivity index (χ1) is 7.30. The Morgan fingerprint density at radius 2 is 1.19 bits per heavy atom. The van der Waals surface area contributed by atoms with Gasteiger partial charge in [0.25, 0.3) is 0 Å². The van der Waals surface area contributed by atoms with Crippen LogP contribution in [0.5, 0.6) is 0 Å². The van der Waals surface area contributed by atoms with Gasteiger partial charge in [0.05, 0.1) is 5.54 Å². The van der Waals surface area contributed by atoms with E-state index in [4.69, 9.17) is 0 Å². The molecule has 4 fully saturated rings. The maximum atomic E-state index is 10.7. The van der Waals surface area contributed by atoms with Gasteiger partial charge in [-0.25, -0.2) is 4.79 Å². The number of hydrogen-bond donors (Lipinski definition) is 0. The maximum absolute atomic E-state index is 10.7. The third-order valence-electron chi connectivity index (χ3n) is 5.11. The number of rotatable bonds is 1. The number of isocyanates is 1. The highest BCUT2D eigenvalue weighted by Gasteiger charge is 2.64. The van der Waals surface area contributed by atoms with Gasteiger partial charge in [0.2, 0.25) is 6.08 Å². The van der Waals surface area contributed by atoms with E-state index >= 15 is 0 Å². The molecule has 16 heavy (non-hydrogen) atoms. The molecule has 0 N–H and O–H groups in total. The van der Waals surface area contributed by atoms with Crippen LogP contribution < -0.4 is 0 Å². The summed E-state index contributed by atoms with van der Waals surface area (Å²) >= 11 is 0. The second kappa shape index (κ2) is 2.61. The molecule has 0 heterocycles. The lowest BCUT2D eigenvalue weighted by molar-refractivity contribution is -0.146. The molecule has 4 aliphatic carbocycles. The fraction of sp³-hybridized carbons (Fsp3) is 0.929. The van der Waals surface area contributed by atoms with E-state index in [1.807, 2.05) is 6.08 Å². The zero-order valence-corrected chi connectivity index (χ0v) is 10.6. The number of nitrogens with zero attached hydrogens (tertiary/aromatic N) is 1. The Morgan fingerprint density at radius 3 is 1.50 bits per heavy atom. The molecule has 4 bridgehead atoms. The SMILES string of the molecule is CC12CC3(C)CC(C)(C1)CC(N=C=O)(C2)C3. The molecule has 2 nitrogen and oxygen atoms in total. The molecule has 2 heteroatoms. The Balaban J connectivity index is 2.10. The number of carbonyl (C=O) groups excluding carboxylic acids is 1. The summed E-state index contributed by atoms with van der Waals surface area (Å²) in [7, 11) is 0. The van der Waals surface area contributed by atoms with Crippen LogP contribution in [0.2, 0.25) is 0 Å². The summed E-state index contributed by atoms with van der Waals surface area (Å²) in [6.45, 7) is 7.20. The van der Waals surface area contributed by atoms with Crippen molar-refractivity contribution in [1.82, 2.24) is 0 Å². The van der Waals surface area contributed by atoms with Crippen LogP contribution in [0.15, 0.2) is 4.99 Å². The molecule has 0 aromatic rings. The lowest BCUT2D eigenvalue weighted by atomic mass is 9.39. The fourth-order valence-corrected chi connectivity index (χ4v) is 6.44. The second-order valence-electron chi connectivity index (χ2n) is 7.92. The van der Waals surface area contributed by atoms with Gasteiger partial charge in [-0.3, -0.25) is 0 Å². The lowest BCUT2D eigenvalue weighted by Gasteiger charge is -2.67. The highest BCUT2D eigenvalue weighted by molar-refractivity contribution is 5.36. The van der Waals surface area contributed by atoms with Crippen molar-refractivity contribution in [1.29, 1.82) is 0 Å². The molecule has 0 aliphatic heterocycles. The largest absolute Gasteiger partial charge is 0.235 e. The van der Waals surface area contributed by atoms with E-state index < -0.39 is 0 Å². The third kappa shape index (κ3) is 1.32. The smallest absolute Gasteiger partial charge is 0.211 e. The van der Waals surface area contributed by atoms with Gasteiger partial charge in [-0.05, 0) is 54.8 Å². The van der Waals surface area contributed by atoms with E-state index in [0.717, 1.165) is 19.3 Å². The Morgan fingerprint density at radius 1 is 0.812 bits per heavy atom. The highest BCUT2D eigenvalue weighted by atomic mass is 16.1. The normalized spacial score (nSPS) is 58.4. The second-order valence-corrected chi connectivity index (χ2v) is 7.92. The zero-order valence-electron chi connectivity index (χ0n) is 10.6. The quantitative estimate of drug-likeness (QED) is 0.490. The number of aliphatic imine (C=N–C) groups is 1. The molecule has 0 unspecified atom stereocenters. The molecule has 0 radical (unpaired) electrons. The van der Waals surface area contributed by atoms with E-state index in [9.17, 15) is 4.79 Å². The van der Waals surface area contributed by atoms with Crippen LogP contribution in [0.4, 0.5) is 0 Å². The van der Waals surface area contributed by atoms with Crippen molar-refractivity contribution in [2.75, 3.05) is 0 Å². The Labute approximate surface area is 97.5 Å². The molecular weight excluding hydrogens is 198 g/mol. The Bertz CT molecular complexity index is 340. The van der Waals surface area contributed by atoms with Crippen molar-refractivity contribution < 1.29 is 4.79 Å². The summed E-state index contributed by atoms with van der Waals surface area (Å²) in [6.07, 6.45) is 9.16. The first-order valence-electron chi connectivity index (χ1n) is 6.39. The maximum Gasteiger partial charge on any atom is 0.235 e. The highest BCUT2D eigenvalue weighted by Crippen LogP contribution is 2.71. The van der Waals surface area contributed by atoms with Crippen LogP contribution in [0.1, 0.15) is 59.3 Å². The van der Waals surface area contributed by atoms with Gasteiger partial charge in [0.15, 0.2) is 0 Å². The molecule has 4 saturated carbocycles. The van der Waals surface area contributed by atoms with Crippen molar-refractivity contribution in [3.8, 4) is 0 Å². The van der Waals surface area contributed by atoms with Crippen LogP contribution >= 0.6 is 0 Å². The molecule has 0 amide bonds. The van der Waals surface area contributed by atoms with Crippen LogP contribution in [0.3, 0.4) is 0 Å². The van der Waals surface area contributed by atoms with Gasteiger partial charge in [0, 0.05) is 0 Å². The fourth-order valence-electron chi connectivity index (χ4n) is 6.44. The Kier molecular flexibility index (Phi) is 1.72. The third-order valence-corrected chi connectivity index (χ3v) is 5.11. The van der Waals surface area contributed by atoms with Crippen LogP contribution in [0.25, 0.3) is 0 Å². The topological polar surface area (TPSA) is 29.4 Å². The van der Waals surface area contributed by atoms with Crippen molar-refractivity contribution >= 4 is 6.08 Å². The van der Waals surface area contributed by atoms with Gasteiger partial charge in [-0.1, -0.05) is 20.8 Å². The molecule has 0 saturated heterocycles. The molecule has 4 rings (SSSR count). The number of hydrogen-bond acceptors (Lipinski definition) is 2. The van der Waals surface area contributed by atoms with E-state index in [1.165, 1.54) is 19.3 Å². The average Bonchev–Trinajstić information content (AvgIpc) is 1.91. The molecular formula is C14H21NO. The van der Waals surface area contributed by atoms with Crippen LogP contribution in [-0.2, 0) is 4.79 Å². The first kappa shape index (κ1) is 10.5. The van der Waals surface area contributed by atoms with Gasteiger partial charge < -0.3 is 0 Å². The van der Waals surface area contributed by atoms with Crippen LogP contribution in [0, 0.1) is 16.2 Å². The first-order valence-corrected chi connectivity index (χ1v) is 6.39. The molecule has 0 spiro atoms. The van der Waals surface area contributed by atoms with Gasteiger partial charge in [0.1, 0.15) is 0 Å². The van der Waals surface area contributed by atoms with Crippen molar-refractivity contribution in [3.05, 3.63) is 0 Å². The summed E-state index contributed by atoms with van der Waals surface area (Å²) in [5, 5.41) is 0. The zero-order chi connectivity index (χ0) is 11.7. The van der Waals surface area contributed by atoms with E-state index in [0.29, 0.717) is 16.2 Å². The summed E-state index contributed by atoms with van der Waals surface area (Å²) in [6, 6.07) is 0. The van der Waals surface area contributed by atoms with Gasteiger partial charge >= 0.3 is 0 Å².